The molecule has 0 unspecified atom stereocenters. The minimum Gasteiger partial charge on any atom is -0.348 e. The average molecular weight is 323 g/mol. The van der Waals surface area contributed by atoms with Gasteiger partial charge in [-0.25, -0.2) is 0 Å². The Bertz CT molecular complexity index is 786. The number of piperidine rings is 3. The van der Waals surface area contributed by atoms with Gasteiger partial charge in [-0.15, -0.1) is 0 Å². The fourth-order valence-corrected chi connectivity index (χ4v) is 4.96. The summed E-state index contributed by atoms with van der Waals surface area (Å²) in [6.07, 6.45) is 6.10. The Kier molecular flexibility index (Phi) is 3.40. The first-order chi connectivity index (χ1) is 11.8. The van der Waals surface area contributed by atoms with Crippen LogP contribution in [-0.4, -0.2) is 41.1 Å². The first-order valence-electron chi connectivity index (χ1n) is 9.44. The largest absolute Gasteiger partial charge is 0.348 e. The lowest BCUT2D eigenvalue weighted by Gasteiger charge is -2.44. The molecule has 4 aliphatic rings. The number of amides is 1. The zero-order chi connectivity index (χ0) is 16.1. The number of aromatic nitrogens is 1. The third kappa shape index (κ3) is 2.27. The van der Waals surface area contributed by atoms with Gasteiger partial charge in [0.2, 0.25) is 0 Å². The maximum Gasteiger partial charge on any atom is 0.252 e. The summed E-state index contributed by atoms with van der Waals surface area (Å²) >= 11 is 0. The van der Waals surface area contributed by atoms with E-state index in [1.54, 1.807) is 0 Å². The minimum atomic E-state index is 0.113. The van der Waals surface area contributed by atoms with E-state index < -0.39 is 0 Å². The first kappa shape index (κ1) is 14.5. The Labute approximate surface area is 142 Å². The third-order valence-electron chi connectivity index (χ3n) is 6.31. The Morgan fingerprint density at radius 1 is 1.12 bits per heavy atom. The molecule has 0 aliphatic carbocycles. The number of hydrogen-bond acceptors (Lipinski definition) is 2. The van der Waals surface area contributed by atoms with Crippen LogP contribution in [-0.2, 0) is 13.0 Å². The molecule has 126 valence electrons. The Balaban J connectivity index is 1.45. The van der Waals surface area contributed by atoms with E-state index in [1.165, 1.54) is 50.0 Å². The van der Waals surface area contributed by atoms with Crippen LogP contribution in [0.15, 0.2) is 24.3 Å². The molecular formula is C20H25N3O. The smallest absolute Gasteiger partial charge is 0.252 e. The van der Waals surface area contributed by atoms with Crippen LogP contribution in [0.25, 0.3) is 10.9 Å². The van der Waals surface area contributed by atoms with Crippen LogP contribution in [0, 0.1) is 5.92 Å². The number of benzene rings is 1. The van der Waals surface area contributed by atoms with E-state index in [0.29, 0.717) is 12.0 Å². The fourth-order valence-electron chi connectivity index (χ4n) is 4.96. The lowest BCUT2D eigenvalue weighted by molar-refractivity contribution is 0.0621. The molecule has 24 heavy (non-hydrogen) atoms. The molecule has 4 nitrogen and oxygen atoms in total. The topological polar surface area (TPSA) is 37.3 Å². The quantitative estimate of drug-likeness (QED) is 0.923. The van der Waals surface area contributed by atoms with E-state index in [2.05, 4.69) is 26.9 Å². The molecule has 1 aromatic heterocycles. The van der Waals surface area contributed by atoms with E-state index in [0.717, 1.165) is 30.5 Å². The van der Waals surface area contributed by atoms with Gasteiger partial charge in [0.25, 0.3) is 5.91 Å². The molecule has 1 N–H and O–H groups in total. The normalized spacial score (nSPS) is 28.8. The van der Waals surface area contributed by atoms with Crippen LogP contribution in [0.3, 0.4) is 0 Å². The Hall–Kier alpha value is -1.81. The number of aryl methyl sites for hydroxylation is 2. The van der Waals surface area contributed by atoms with Crippen molar-refractivity contribution in [2.45, 2.75) is 44.7 Å². The third-order valence-corrected chi connectivity index (χ3v) is 6.31. The summed E-state index contributed by atoms with van der Waals surface area (Å²) in [7, 11) is 0. The SMILES string of the molecule is O=C(N[C@@H]1CN2CCC1CC2)c1cccc2c1cc1n2CCCC1. The van der Waals surface area contributed by atoms with Gasteiger partial charge in [0.05, 0.1) is 0 Å². The highest BCUT2D eigenvalue weighted by atomic mass is 16.1. The van der Waals surface area contributed by atoms with Gasteiger partial charge >= 0.3 is 0 Å². The zero-order valence-corrected chi connectivity index (χ0v) is 14.1. The van der Waals surface area contributed by atoms with Gasteiger partial charge in [-0.1, -0.05) is 6.07 Å². The van der Waals surface area contributed by atoms with Crippen molar-refractivity contribution in [1.82, 2.24) is 14.8 Å². The monoisotopic (exact) mass is 323 g/mol. The maximum atomic E-state index is 13.0. The van der Waals surface area contributed by atoms with Crippen LogP contribution < -0.4 is 5.32 Å². The molecule has 2 bridgehead atoms. The number of hydrogen-bond donors (Lipinski definition) is 1. The van der Waals surface area contributed by atoms with E-state index in [9.17, 15) is 4.79 Å². The van der Waals surface area contributed by atoms with Gasteiger partial charge in [-0.2, -0.15) is 0 Å². The highest BCUT2D eigenvalue weighted by Crippen LogP contribution is 2.30. The minimum absolute atomic E-state index is 0.113. The summed E-state index contributed by atoms with van der Waals surface area (Å²) in [5.41, 5.74) is 3.47. The van der Waals surface area contributed by atoms with Crippen LogP contribution in [0.2, 0.25) is 0 Å². The number of nitrogens with zero attached hydrogens (tertiary/aromatic N) is 2. The summed E-state index contributed by atoms with van der Waals surface area (Å²) in [5.74, 6) is 0.780. The molecule has 4 heteroatoms. The molecule has 1 aromatic carbocycles. The Morgan fingerprint density at radius 2 is 2.00 bits per heavy atom. The van der Waals surface area contributed by atoms with Gasteiger partial charge in [-0.3, -0.25) is 4.79 Å². The van der Waals surface area contributed by atoms with Crippen molar-refractivity contribution in [3.05, 3.63) is 35.5 Å². The first-order valence-corrected chi connectivity index (χ1v) is 9.44. The summed E-state index contributed by atoms with van der Waals surface area (Å²) < 4.78 is 2.41. The van der Waals surface area contributed by atoms with E-state index >= 15 is 0 Å². The second-order valence-electron chi connectivity index (χ2n) is 7.70. The molecule has 2 aromatic rings. The predicted molar refractivity (Wildman–Crippen MR) is 95.3 cm³/mol. The summed E-state index contributed by atoms with van der Waals surface area (Å²) in [6, 6.07) is 8.77. The molecule has 1 atom stereocenters. The van der Waals surface area contributed by atoms with Crippen LogP contribution in [0.5, 0.6) is 0 Å². The average Bonchev–Trinajstić information content (AvgIpc) is 3.01. The van der Waals surface area contributed by atoms with Gasteiger partial charge in [0, 0.05) is 41.3 Å². The highest BCUT2D eigenvalue weighted by Gasteiger charge is 2.35. The molecule has 0 spiro atoms. The number of carbonyl (C=O) groups is 1. The van der Waals surface area contributed by atoms with Gasteiger partial charge < -0.3 is 14.8 Å². The standard InChI is InChI=1S/C20H25N3O/c24-20(21-18-13-22-10-7-14(18)8-11-22)16-5-3-6-19-17(16)12-15-4-1-2-9-23(15)19/h3,5-6,12,14,18H,1-2,4,7-11,13H2,(H,21,24)/t18-/m1/s1. The van der Waals surface area contributed by atoms with E-state index in [4.69, 9.17) is 0 Å². The van der Waals surface area contributed by atoms with Crippen LogP contribution in [0.1, 0.15) is 41.7 Å². The zero-order valence-electron chi connectivity index (χ0n) is 14.1. The van der Waals surface area contributed by atoms with E-state index in [-0.39, 0.29) is 5.91 Å². The van der Waals surface area contributed by atoms with Crippen molar-refractivity contribution in [2.24, 2.45) is 5.92 Å². The van der Waals surface area contributed by atoms with Crippen molar-refractivity contribution < 1.29 is 4.79 Å². The van der Waals surface area contributed by atoms with Gasteiger partial charge in [0.1, 0.15) is 0 Å². The molecule has 1 amide bonds. The molecular weight excluding hydrogens is 298 g/mol. The molecule has 3 fully saturated rings. The van der Waals surface area contributed by atoms with Gasteiger partial charge in [0.15, 0.2) is 0 Å². The van der Waals surface area contributed by atoms with Crippen LogP contribution in [0.4, 0.5) is 0 Å². The lowest BCUT2D eigenvalue weighted by Crippen LogP contribution is -2.57. The van der Waals surface area contributed by atoms with Crippen molar-refractivity contribution >= 4 is 16.8 Å². The summed E-state index contributed by atoms with van der Waals surface area (Å²) in [5, 5.41) is 4.48. The van der Waals surface area contributed by atoms with Crippen molar-refractivity contribution in [1.29, 1.82) is 0 Å². The molecule has 6 rings (SSSR count). The summed E-state index contributed by atoms with van der Waals surface area (Å²) in [6.45, 7) is 4.53. The molecule has 0 saturated carbocycles. The van der Waals surface area contributed by atoms with Gasteiger partial charge in [-0.05, 0) is 69.3 Å². The number of rotatable bonds is 2. The second-order valence-corrected chi connectivity index (χ2v) is 7.70. The molecule has 5 heterocycles. The molecule has 3 saturated heterocycles. The highest BCUT2D eigenvalue weighted by molar-refractivity contribution is 6.07. The molecule has 0 radical (unpaired) electrons. The molecule has 4 aliphatic heterocycles. The van der Waals surface area contributed by atoms with Crippen molar-refractivity contribution in [3.8, 4) is 0 Å². The maximum absolute atomic E-state index is 13.0. The lowest BCUT2D eigenvalue weighted by atomic mass is 9.84. The Morgan fingerprint density at radius 3 is 2.79 bits per heavy atom. The van der Waals surface area contributed by atoms with Crippen LogP contribution >= 0.6 is 0 Å². The van der Waals surface area contributed by atoms with Crippen molar-refractivity contribution in [3.63, 3.8) is 0 Å². The number of fused-ring (bicyclic) bond motifs is 6. The fraction of sp³-hybridized carbons (Fsp3) is 0.550. The predicted octanol–water partition coefficient (Wildman–Crippen LogP) is 2.80. The summed E-state index contributed by atoms with van der Waals surface area (Å²) in [4.78, 5) is 15.5. The van der Waals surface area contributed by atoms with E-state index in [1.807, 2.05) is 12.1 Å². The van der Waals surface area contributed by atoms with Crippen molar-refractivity contribution in [2.75, 3.05) is 19.6 Å². The second kappa shape index (κ2) is 5.62. The number of carbonyl (C=O) groups excluding carboxylic acids is 1. The number of nitrogens with one attached hydrogen (secondary N) is 1.